The number of nitrogen functional groups attached to an aromatic ring is 1. The Morgan fingerprint density at radius 2 is 2.21 bits per heavy atom. The number of aromatic nitrogens is 2. The van der Waals surface area contributed by atoms with Crippen molar-refractivity contribution in [3.05, 3.63) is 35.1 Å². The van der Waals surface area contributed by atoms with E-state index in [2.05, 4.69) is 15.3 Å². The topological polar surface area (TPSA) is 118 Å². The van der Waals surface area contributed by atoms with Crippen LogP contribution in [0.4, 0.5) is 10.8 Å². The Labute approximate surface area is 112 Å². The largest absolute Gasteiger partial charge is 0.478 e. The summed E-state index contributed by atoms with van der Waals surface area (Å²) >= 11 is 1.26. The minimum Gasteiger partial charge on any atom is -0.478 e. The maximum absolute atomic E-state index is 11.7. The normalized spacial score (nSPS) is 10.1. The number of hydrogen-bond acceptors (Lipinski definition) is 6. The number of carboxylic acids is 1. The monoisotopic (exact) mass is 278 g/mol. The summed E-state index contributed by atoms with van der Waals surface area (Å²) in [7, 11) is 0. The summed E-state index contributed by atoms with van der Waals surface area (Å²) in [5.74, 6) is -1.41. The fourth-order valence-corrected chi connectivity index (χ4v) is 1.96. The van der Waals surface area contributed by atoms with Crippen molar-refractivity contribution in [3.8, 4) is 0 Å². The van der Waals surface area contributed by atoms with Gasteiger partial charge in [0, 0.05) is 11.6 Å². The number of amides is 1. The Morgan fingerprint density at radius 1 is 1.42 bits per heavy atom. The van der Waals surface area contributed by atoms with E-state index in [4.69, 9.17) is 10.8 Å². The molecule has 0 fully saturated rings. The lowest BCUT2D eigenvalue weighted by Crippen LogP contribution is -2.15. The van der Waals surface area contributed by atoms with E-state index in [1.54, 1.807) is 5.38 Å². The van der Waals surface area contributed by atoms with Crippen LogP contribution in [0.5, 0.6) is 0 Å². The summed E-state index contributed by atoms with van der Waals surface area (Å²) in [5, 5.41) is 13.5. The van der Waals surface area contributed by atoms with E-state index in [1.807, 2.05) is 0 Å². The Morgan fingerprint density at radius 3 is 2.84 bits per heavy atom. The van der Waals surface area contributed by atoms with Crippen molar-refractivity contribution in [3.63, 3.8) is 0 Å². The Kier molecular flexibility index (Phi) is 3.71. The highest BCUT2D eigenvalue weighted by molar-refractivity contribution is 7.13. The van der Waals surface area contributed by atoms with Gasteiger partial charge in [0.05, 0.1) is 29.6 Å². The van der Waals surface area contributed by atoms with Gasteiger partial charge >= 0.3 is 5.97 Å². The van der Waals surface area contributed by atoms with Gasteiger partial charge in [-0.05, 0) is 6.07 Å². The Hall–Kier alpha value is -2.48. The second-order valence-corrected chi connectivity index (χ2v) is 4.56. The predicted octanol–water partition coefficient (Wildman–Crippen LogP) is 1.000. The molecule has 2 aromatic rings. The van der Waals surface area contributed by atoms with Crippen molar-refractivity contribution in [2.75, 3.05) is 11.1 Å². The van der Waals surface area contributed by atoms with Crippen molar-refractivity contribution in [1.29, 1.82) is 0 Å². The van der Waals surface area contributed by atoms with Gasteiger partial charge in [-0.2, -0.15) is 0 Å². The number of anilines is 2. The first kappa shape index (κ1) is 13.0. The van der Waals surface area contributed by atoms with E-state index in [1.165, 1.54) is 29.8 Å². The number of thiazole rings is 1. The molecule has 2 heterocycles. The number of aromatic carboxylic acids is 1. The standard InChI is InChI=1S/C11H10N4O3S/c12-11-15-8(5-19-11)2-9(16)14-7-1-6(10(17)18)3-13-4-7/h1,3-5H,2H2,(H2,12,15)(H,14,16)(H,17,18). The quantitative estimate of drug-likeness (QED) is 0.767. The molecule has 0 aliphatic rings. The fraction of sp³-hybridized carbons (Fsp3) is 0.0909. The van der Waals surface area contributed by atoms with E-state index in [0.29, 0.717) is 16.5 Å². The molecule has 0 radical (unpaired) electrons. The number of rotatable bonds is 4. The zero-order chi connectivity index (χ0) is 13.8. The van der Waals surface area contributed by atoms with Crippen LogP contribution in [0.15, 0.2) is 23.8 Å². The first-order valence-electron chi connectivity index (χ1n) is 5.22. The predicted molar refractivity (Wildman–Crippen MR) is 70.1 cm³/mol. The molecule has 0 aliphatic heterocycles. The van der Waals surface area contributed by atoms with Gasteiger partial charge in [0.15, 0.2) is 5.13 Å². The Bertz CT molecular complexity index is 626. The third-order valence-corrected chi connectivity index (χ3v) is 2.90. The van der Waals surface area contributed by atoms with E-state index < -0.39 is 5.97 Å². The molecule has 0 bridgehead atoms. The van der Waals surface area contributed by atoms with Crippen LogP contribution in [0.1, 0.15) is 16.1 Å². The molecule has 0 saturated carbocycles. The molecular formula is C11H10N4O3S. The van der Waals surface area contributed by atoms with Gasteiger partial charge in [-0.15, -0.1) is 11.3 Å². The maximum Gasteiger partial charge on any atom is 0.337 e. The van der Waals surface area contributed by atoms with Crippen LogP contribution in [-0.2, 0) is 11.2 Å². The van der Waals surface area contributed by atoms with Crippen molar-refractivity contribution in [1.82, 2.24) is 9.97 Å². The summed E-state index contributed by atoms with van der Waals surface area (Å²) in [6.45, 7) is 0. The van der Waals surface area contributed by atoms with Gasteiger partial charge in [0.1, 0.15) is 0 Å². The number of carboxylic acid groups (broad SMARTS) is 1. The number of pyridine rings is 1. The van der Waals surface area contributed by atoms with Gasteiger partial charge in [0.2, 0.25) is 5.91 Å². The summed E-state index contributed by atoms with van der Waals surface area (Å²) in [5.41, 5.74) is 6.37. The molecule has 7 nitrogen and oxygen atoms in total. The number of nitrogens with zero attached hydrogens (tertiary/aromatic N) is 2. The molecule has 98 valence electrons. The van der Waals surface area contributed by atoms with Crippen LogP contribution in [-0.4, -0.2) is 27.0 Å². The van der Waals surface area contributed by atoms with Gasteiger partial charge in [-0.25, -0.2) is 9.78 Å². The van der Waals surface area contributed by atoms with Crippen molar-refractivity contribution >= 4 is 34.0 Å². The average Bonchev–Trinajstić information content (AvgIpc) is 2.74. The van der Waals surface area contributed by atoms with Crippen molar-refractivity contribution in [2.24, 2.45) is 0 Å². The molecule has 19 heavy (non-hydrogen) atoms. The molecule has 2 rings (SSSR count). The molecule has 0 saturated heterocycles. The molecule has 1 amide bonds. The van der Waals surface area contributed by atoms with Crippen LogP contribution in [0, 0.1) is 0 Å². The molecule has 2 aromatic heterocycles. The zero-order valence-electron chi connectivity index (χ0n) is 9.66. The first-order chi connectivity index (χ1) is 9.04. The summed E-state index contributed by atoms with van der Waals surface area (Å²) in [6.07, 6.45) is 2.66. The smallest absolute Gasteiger partial charge is 0.337 e. The molecule has 0 atom stereocenters. The first-order valence-corrected chi connectivity index (χ1v) is 6.10. The summed E-state index contributed by atoms with van der Waals surface area (Å²) in [6, 6.07) is 1.34. The van der Waals surface area contributed by atoms with Crippen molar-refractivity contribution in [2.45, 2.75) is 6.42 Å². The minimum atomic E-state index is -1.10. The zero-order valence-corrected chi connectivity index (χ0v) is 10.5. The van der Waals surface area contributed by atoms with Gasteiger partial charge in [-0.1, -0.05) is 0 Å². The number of nitrogens with one attached hydrogen (secondary N) is 1. The second kappa shape index (κ2) is 5.44. The van der Waals surface area contributed by atoms with Crippen LogP contribution in [0.2, 0.25) is 0 Å². The van der Waals surface area contributed by atoms with Crippen molar-refractivity contribution < 1.29 is 14.7 Å². The third kappa shape index (κ3) is 3.49. The Balaban J connectivity index is 2.02. The molecule has 0 unspecified atom stereocenters. The number of nitrogens with two attached hydrogens (primary N) is 1. The van der Waals surface area contributed by atoms with Gasteiger partial charge in [-0.3, -0.25) is 9.78 Å². The fourth-order valence-electron chi connectivity index (χ4n) is 1.40. The van der Waals surface area contributed by atoms with Crippen LogP contribution < -0.4 is 11.1 Å². The van der Waals surface area contributed by atoms with E-state index in [9.17, 15) is 9.59 Å². The molecule has 8 heteroatoms. The maximum atomic E-state index is 11.7. The van der Waals surface area contributed by atoms with E-state index in [0.717, 1.165) is 0 Å². The number of hydrogen-bond donors (Lipinski definition) is 3. The highest BCUT2D eigenvalue weighted by Crippen LogP contribution is 2.13. The summed E-state index contributed by atoms with van der Waals surface area (Å²) < 4.78 is 0. The van der Waals surface area contributed by atoms with Gasteiger partial charge in [0.25, 0.3) is 0 Å². The second-order valence-electron chi connectivity index (χ2n) is 3.67. The lowest BCUT2D eigenvalue weighted by atomic mass is 10.2. The SMILES string of the molecule is Nc1nc(CC(=O)Nc2cncc(C(=O)O)c2)cs1. The molecular weight excluding hydrogens is 268 g/mol. The third-order valence-electron chi connectivity index (χ3n) is 2.18. The number of carbonyl (C=O) groups is 2. The van der Waals surface area contributed by atoms with E-state index >= 15 is 0 Å². The minimum absolute atomic E-state index is 0.00991. The van der Waals surface area contributed by atoms with E-state index in [-0.39, 0.29) is 17.9 Å². The van der Waals surface area contributed by atoms with Gasteiger partial charge < -0.3 is 16.2 Å². The number of carbonyl (C=O) groups excluding carboxylic acids is 1. The molecule has 4 N–H and O–H groups in total. The van der Waals surface area contributed by atoms with Crippen LogP contribution >= 0.6 is 11.3 Å². The summed E-state index contributed by atoms with van der Waals surface area (Å²) in [4.78, 5) is 30.2. The lowest BCUT2D eigenvalue weighted by molar-refractivity contribution is -0.115. The molecule has 0 aromatic carbocycles. The van der Waals surface area contributed by atoms with Crippen LogP contribution in [0.3, 0.4) is 0 Å². The lowest BCUT2D eigenvalue weighted by Gasteiger charge is -2.04. The highest BCUT2D eigenvalue weighted by atomic mass is 32.1. The highest BCUT2D eigenvalue weighted by Gasteiger charge is 2.09. The molecule has 0 aliphatic carbocycles. The van der Waals surface area contributed by atoms with Crippen LogP contribution in [0.25, 0.3) is 0 Å². The average molecular weight is 278 g/mol. The molecule has 0 spiro atoms.